The van der Waals surface area contributed by atoms with E-state index in [1.165, 1.54) is 0 Å². The minimum Gasteiger partial charge on any atom is -0.481 e. The van der Waals surface area contributed by atoms with Gasteiger partial charge >= 0.3 is 5.97 Å². The molecule has 0 saturated heterocycles. The molecule has 0 spiro atoms. The van der Waals surface area contributed by atoms with Crippen molar-refractivity contribution in [1.82, 2.24) is 0 Å². The normalized spacial score (nSPS) is 37.6. The summed E-state index contributed by atoms with van der Waals surface area (Å²) in [5.41, 5.74) is -0.795. The van der Waals surface area contributed by atoms with Crippen molar-refractivity contribution in [2.75, 3.05) is 0 Å². The van der Waals surface area contributed by atoms with Crippen molar-refractivity contribution in [3.8, 4) is 0 Å². The van der Waals surface area contributed by atoms with Crippen molar-refractivity contribution in [1.29, 1.82) is 0 Å². The van der Waals surface area contributed by atoms with Gasteiger partial charge < -0.3 is 5.11 Å². The van der Waals surface area contributed by atoms with Gasteiger partial charge in [0.15, 0.2) is 0 Å². The lowest BCUT2D eigenvalue weighted by molar-refractivity contribution is -0.148. The maximum atomic E-state index is 11.0. The Morgan fingerprint density at radius 1 is 1.73 bits per heavy atom. The van der Waals surface area contributed by atoms with Crippen LogP contribution in [0.25, 0.3) is 0 Å². The molecule has 62 valence electrons. The molecule has 1 aliphatic carbocycles. The van der Waals surface area contributed by atoms with E-state index in [4.69, 9.17) is 5.11 Å². The minimum atomic E-state index is -0.852. The number of carboxylic acid groups (broad SMARTS) is 1. The smallest absolute Gasteiger partial charge is 0.309 e. The molecule has 0 amide bonds. The van der Waals surface area contributed by atoms with Crippen molar-refractivity contribution in [2.24, 2.45) is 11.3 Å². The number of carboxylic acids is 1. The molecule has 1 saturated carbocycles. The van der Waals surface area contributed by atoms with Crippen LogP contribution in [-0.4, -0.2) is 16.9 Å². The lowest BCUT2D eigenvalue weighted by atomic mass is 9.88. The Kier molecular flexibility index (Phi) is 1.74. The van der Waals surface area contributed by atoms with E-state index in [-0.39, 0.29) is 18.1 Å². The predicted octanol–water partition coefficient (Wildman–Crippen LogP) is 1.08. The summed E-state index contributed by atoms with van der Waals surface area (Å²) >= 11 is 0. The highest BCUT2D eigenvalue weighted by Gasteiger charge is 2.44. The topological polar surface area (TPSA) is 54.4 Å². The van der Waals surface area contributed by atoms with E-state index in [1.807, 2.05) is 0 Å². The summed E-state index contributed by atoms with van der Waals surface area (Å²) in [6.45, 7) is 3.42. The number of aliphatic carboxylic acids is 1. The van der Waals surface area contributed by atoms with E-state index < -0.39 is 11.4 Å². The van der Waals surface area contributed by atoms with Crippen LogP contribution in [-0.2, 0) is 9.59 Å². The van der Waals surface area contributed by atoms with Gasteiger partial charge in [0.1, 0.15) is 5.78 Å². The summed E-state index contributed by atoms with van der Waals surface area (Å²) in [5, 5.41) is 8.76. The highest BCUT2D eigenvalue weighted by molar-refractivity contribution is 5.91. The van der Waals surface area contributed by atoms with E-state index in [9.17, 15) is 9.59 Å². The first kappa shape index (κ1) is 8.24. The van der Waals surface area contributed by atoms with Crippen molar-refractivity contribution >= 4 is 11.8 Å². The molecule has 2 atom stereocenters. The summed E-state index contributed by atoms with van der Waals surface area (Å²) in [7, 11) is 0. The standard InChI is InChI=1S/C8H12O3/c1-5-3-8(2,7(10)11)4-6(5)9/h5H,3-4H2,1-2H3,(H,10,11)/t5-,8+/m1/s1. The maximum Gasteiger partial charge on any atom is 0.309 e. The van der Waals surface area contributed by atoms with Crippen LogP contribution in [0.5, 0.6) is 0 Å². The van der Waals surface area contributed by atoms with Gasteiger partial charge in [-0.05, 0) is 13.3 Å². The van der Waals surface area contributed by atoms with Crippen molar-refractivity contribution in [3.05, 3.63) is 0 Å². The van der Waals surface area contributed by atoms with Gasteiger partial charge in [-0.2, -0.15) is 0 Å². The number of Topliss-reactive ketones (excluding diaryl/α,β-unsaturated/α-hetero) is 1. The van der Waals surface area contributed by atoms with Crippen LogP contribution in [0.15, 0.2) is 0 Å². The zero-order valence-corrected chi connectivity index (χ0v) is 6.76. The summed E-state index contributed by atoms with van der Waals surface area (Å²) in [6.07, 6.45) is 0.685. The molecule has 11 heavy (non-hydrogen) atoms. The Bertz CT molecular complexity index is 207. The lowest BCUT2D eigenvalue weighted by Gasteiger charge is -2.15. The Balaban J connectivity index is 2.79. The Morgan fingerprint density at radius 2 is 2.27 bits per heavy atom. The zero-order chi connectivity index (χ0) is 8.65. The number of ketones is 1. The summed E-state index contributed by atoms with van der Waals surface area (Å²) < 4.78 is 0. The van der Waals surface area contributed by atoms with Gasteiger partial charge in [-0.25, -0.2) is 0 Å². The van der Waals surface area contributed by atoms with Gasteiger partial charge in [-0.3, -0.25) is 9.59 Å². The molecule has 0 aromatic carbocycles. The van der Waals surface area contributed by atoms with Crippen LogP contribution in [0, 0.1) is 11.3 Å². The van der Waals surface area contributed by atoms with Crippen LogP contribution in [0.4, 0.5) is 0 Å². The molecular weight excluding hydrogens is 144 g/mol. The van der Waals surface area contributed by atoms with Crippen LogP contribution < -0.4 is 0 Å². The second-order valence-corrected chi connectivity index (χ2v) is 3.61. The third kappa shape index (κ3) is 1.27. The second kappa shape index (κ2) is 2.32. The summed E-state index contributed by atoms with van der Waals surface area (Å²) in [6, 6.07) is 0. The van der Waals surface area contributed by atoms with E-state index in [0.717, 1.165) is 0 Å². The number of carbonyl (C=O) groups excluding carboxylic acids is 1. The minimum absolute atomic E-state index is 0.0731. The fraction of sp³-hybridized carbons (Fsp3) is 0.750. The second-order valence-electron chi connectivity index (χ2n) is 3.61. The average Bonchev–Trinajstić information content (AvgIpc) is 2.09. The Morgan fingerprint density at radius 3 is 2.45 bits per heavy atom. The Hall–Kier alpha value is -0.860. The SMILES string of the molecule is C[C@@H]1C[C@](C)(C(=O)O)CC1=O. The molecule has 0 aromatic rings. The molecule has 0 radical (unpaired) electrons. The van der Waals surface area contributed by atoms with Gasteiger partial charge in [0.05, 0.1) is 5.41 Å². The molecule has 0 bridgehead atoms. The fourth-order valence-electron chi connectivity index (χ4n) is 1.58. The van der Waals surface area contributed by atoms with Gasteiger partial charge in [0, 0.05) is 12.3 Å². The molecule has 3 heteroatoms. The van der Waals surface area contributed by atoms with Crippen LogP contribution in [0.3, 0.4) is 0 Å². The van der Waals surface area contributed by atoms with E-state index in [2.05, 4.69) is 0 Å². The van der Waals surface area contributed by atoms with E-state index in [0.29, 0.717) is 6.42 Å². The number of hydrogen-bond acceptors (Lipinski definition) is 2. The molecule has 1 rings (SSSR count). The lowest BCUT2D eigenvalue weighted by Crippen LogP contribution is -2.24. The molecule has 1 aliphatic rings. The fourth-order valence-corrected chi connectivity index (χ4v) is 1.58. The van der Waals surface area contributed by atoms with E-state index in [1.54, 1.807) is 13.8 Å². The quantitative estimate of drug-likeness (QED) is 0.618. The first-order valence-corrected chi connectivity index (χ1v) is 3.72. The Labute approximate surface area is 65.4 Å². The molecular formula is C8H12O3. The third-order valence-electron chi connectivity index (χ3n) is 2.39. The first-order chi connectivity index (χ1) is 4.96. The monoisotopic (exact) mass is 156 g/mol. The molecule has 3 nitrogen and oxygen atoms in total. The largest absolute Gasteiger partial charge is 0.481 e. The molecule has 1 fully saturated rings. The number of hydrogen-bond donors (Lipinski definition) is 1. The van der Waals surface area contributed by atoms with Crippen molar-refractivity contribution in [2.45, 2.75) is 26.7 Å². The van der Waals surface area contributed by atoms with Crippen molar-refractivity contribution in [3.63, 3.8) is 0 Å². The van der Waals surface area contributed by atoms with Crippen LogP contribution in [0.1, 0.15) is 26.7 Å². The van der Waals surface area contributed by atoms with Gasteiger partial charge in [-0.1, -0.05) is 6.92 Å². The molecule has 1 N–H and O–H groups in total. The summed E-state index contributed by atoms with van der Waals surface area (Å²) in [4.78, 5) is 21.7. The summed E-state index contributed by atoms with van der Waals surface area (Å²) in [5.74, 6) is -0.846. The van der Waals surface area contributed by atoms with Crippen LogP contribution >= 0.6 is 0 Å². The molecule has 0 aromatic heterocycles. The van der Waals surface area contributed by atoms with Crippen molar-refractivity contribution < 1.29 is 14.7 Å². The van der Waals surface area contributed by atoms with Gasteiger partial charge in [-0.15, -0.1) is 0 Å². The van der Waals surface area contributed by atoms with Gasteiger partial charge in [0.2, 0.25) is 0 Å². The number of rotatable bonds is 1. The first-order valence-electron chi connectivity index (χ1n) is 3.72. The average molecular weight is 156 g/mol. The molecule has 0 unspecified atom stereocenters. The number of carbonyl (C=O) groups is 2. The zero-order valence-electron chi connectivity index (χ0n) is 6.76. The van der Waals surface area contributed by atoms with Gasteiger partial charge in [0.25, 0.3) is 0 Å². The third-order valence-corrected chi connectivity index (χ3v) is 2.39. The maximum absolute atomic E-state index is 11.0. The predicted molar refractivity (Wildman–Crippen MR) is 39.1 cm³/mol. The highest BCUT2D eigenvalue weighted by Crippen LogP contribution is 2.38. The van der Waals surface area contributed by atoms with E-state index >= 15 is 0 Å². The highest BCUT2D eigenvalue weighted by atomic mass is 16.4. The van der Waals surface area contributed by atoms with Crippen LogP contribution in [0.2, 0.25) is 0 Å². The molecule has 0 aliphatic heterocycles. The molecule has 0 heterocycles.